The quantitative estimate of drug-likeness (QED) is 0.286. The first-order chi connectivity index (χ1) is 10.5. The molecule has 1 aromatic rings. The van der Waals surface area contributed by atoms with E-state index in [1.54, 1.807) is 21.3 Å². The topological polar surface area (TPSA) is 54.9 Å². The summed E-state index contributed by atoms with van der Waals surface area (Å²) in [4.78, 5) is 4.25. The minimum Gasteiger partial charge on any atom is -0.497 e. The van der Waals surface area contributed by atoms with Crippen LogP contribution in [0.2, 0.25) is 0 Å². The highest BCUT2D eigenvalue weighted by atomic mass is 127. The van der Waals surface area contributed by atoms with Gasteiger partial charge in [-0.15, -0.1) is 24.0 Å². The molecule has 0 aromatic heterocycles. The van der Waals surface area contributed by atoms with Crippen LogP contribution in [0.15, 0.2) is 29.3 Å². The third kappa shape index (κ3) is 7.87. The summed E-state index contributed by atoms with van der Waals surface area (Å²) in [5, 5.41) is 6.66. The van der Waals surface area contributed by atoms with E-state index in [-0.39, 0.29) is 29.4 Å². The Morgan fingerprint density at radius 1 is 1.22 bits per heavy atom. The van der Waals surface area contributed by atoms with E-state index in [2.05, 4.69) is 41.6 Å². The molecule has 0 fully saturated rings. The lowest BCUT2D eigenvalue weighted by Gasteiger charge is -2.27. The smallest absolute Gasteiger partial charge is 0.191 e. The highest BCUT2D eigenvalue weighted by molar-refractivity contribution is 14.0. The average molecular weight is 435 g/mol. The predicted molar refractivity (Wildman–Crippen MR) is 107 cm³/mol. The molecule has 23 heavy (non-hydrogen) atoms. The Morgan fingerprint density at radius 3 is 2.57 bits per heavy atom. The SMILES string of the molecule is CN=C(NCCCOC)NCC(C)(C)c1cccc(OC)c1.I. The molecular weight excluding hydrogens is 405 g/mol. The number of benzene rings is 1. The maximum Gasteiger partial charge on any atom is 0.191 e. The summed E-state index contributed by atoms with van der Waals surface area (Å²) in [6.07, 6.45) is 0.955. The summed E-state index contributed by atoms with van der Waals surface area (Å²) in [6.45, 7) is 6.77. The van der Waals surface area contributed by atoms with Crippen LogP contribution in [0.4, 0.5) is 0 Å². The number of hydrogen-bond acceptors (Lipinski definition) is 3. The molecule has 0 heterocycles. The second kappa shape index (κ2) is 11.5. The minimum atomic E-state index is -0.0291. The van der Waals surface area contributed by atoms with E-state index in [4.69, 9.17) is 9.47 Å². The van der Waals surface area contributed by atoms with Crippen LogP contribution in [0.25, 0.3) is 0 Å². The molecule has 0 saturated heterocycles. The van der Waals surface area contributed by atoms with Crippen LogP contribution >= 0.6 is 24.0 Å². The highest BCUT2D eigenvalue weighted by Crippen LogP contribution is 2.25. The fourth-order valence-corrected chi connectivity index (χ4v) is 2.09. The van der Waals surface area contributed by atoms with Gasteiger partial charge in [0.15, 0.2) is 5.96 Å². The largest absolute Gasteiger partial charge is 0.497 e. The van der Waals surface area contributed by atoms with E-state index in [0.29, 0.717) is 0 Å². The van der Waals surface area contributed by atoms with Crippen LogP contribution < -0.4 is 15.4 Å². The number of guanidine groups is 1. The van der Waals surface area contributed by atoms with Crippen molar-refractivity contribution in [1.82, 2.24) is 10.6 Å². The molecule has 0 atom stereocenters. The lowest BCUT2D eigenvalue weighted by atomic mass is 9.84. The summed E-state index contributed by atoms with van der Waals surface area (Å²) in [6, 6.07) is 8.19. The summed E-state index contributed by atoms with van der Waals surface area (Å²) in [5.41, 5.74) is 1.20. The summed E-state index contributed by atoms with van der Waals surface area (Å²) >= 11 is 0. The molecule has 2 N–H and O–H groups in total. The zero-order valence-corrected chi connectivity index (χ0v) is 17.1. The van der Waals surface area contributed by atoms with E-state index in [9.17, 15) is 0 Å². The number of methoxy groups -OCH3 is 2. The summed E-state index contributed by atoms with van der Waals surface area (Å²) in [5.74, 6) is 1.69. The maximum absolute atomic E-state index is 5.30. The Morgan fingerprint density at radius 2 is 1.96 bits per heavy atom. The van der Waals surface area contributed by atoms with Crippen molar-refractivity contribution in [3.63, 3.8) is 0 Å². The summed E-state index contributed by atoms with van der Waals surface area (Å²) < 4.78 is 10.3. The molecule has 0 aliphatic carbocycles. The number of hydrogen-bond donors (Lipinski definition) is 2. The zero-order valence-electron chi connectivity index (χ0n) is 14.8. The van der Waals surface area contributed by atoms with Crippen molar-refractivity contribution in [1.29, 1.82) is 0 Å². The molecular formula is C17H30IN3O2. The molecule has 0 bridgehead atoms. The van der Waals surface area contributed by atoms with Crippen molar-refractivity contribution in [3.8, 4) is 5.75 Å². The molecule has 1 rings (SSSR count). The lowest BCUT2D eigenvalue weighted by Crippen LogP contribution is -2.43. The first-order valence-corrected chi connectivity index (χ1v) is 7.61. The Labute approximate surface area is 157 Å². The van der Waals surface area contributed by atoms with Gasteiger partial charge in [-0.05, 0) is 24.1 Å². The van der Waals surface area contributed by atoms with Crippen molar-refractivity contribution < 1.29 is 9.47 Å². The molecule has 0 spiro atoms. The van der Waals surface area contributed by atoms with Crippen LogP contribution in [0.3, 0.4) is 0 Å². The molecule has 132 valence electrons. The molecule has 0 amide bonds. The van der Waals surface area contributed by atoms with E-state index in [1.165, 1.54) is 5.56 Å². The minimum absolute atomic E-state index is 0. The number of ether oxygens (including phenoxy) is 2. The van der Waals surface area contributed by atoms with Crippen LogP contribution in [-0.2, 0) is 10.2 Å². The van der Waals surface area contributed by atoms with Crippen LogP contribution in [0.5, 0.6) is 5.75 Å². The van der Waals surface area contributed by atoms with Gasteiger partial charge in [-0.1, -0.05) is 26.0 Å². The standard InChI is InChI=1S/C17H29N3O2.HI/c1-17(2,14-8-6-9-15(12-14)22-5)13-20-16(18-3)19-10-7-11-21-4;/h6,8-9,12H,7,10-11,13H2,1-5H3,(H2,18,19,20);1H. The second-order valence-electron chi connectivity index (χ2n) is 5.81. The Balaban J connectivity index is 0.00000484. The van der Waals surface area contributed by atoms with Crippen LogP contribution in [0.1, 0.15) is 25.8 Å². The average Bonchev–Trinajstić information content (AvgIpc) is 2.54. The maximum atomic E-state index is 5.30. The molecule has 0 unspecified atom stereocenters. The number of nitrogens with one attached hydrogen (secondary N) is 2. The molecule has 0 aliphatic rings. The van der Waals surface area contributed by atoms with Crippen molar-refractivity contribution in [2.75, 3.05) is 41.0 Å². The molecule has 0 saturated carbocycles. The van der Waals surface area contributed by atoms with E-state index in [1.807, 2.05) is 12.1 Å². The molecule has 1 aromatic carbocycles. The lowest BCUT2D eigenvalue weighted by molar-refractivity contribution is 0.195. The molecule has 0 aliphatic heterocycles. The number of rotatable bonds is 8. The number of halogens is 1. The van der Waals surface area contributed by atoms with Gasteiger partial charge in [0.25, 0.3) is 0 Å². The molecule has 0 radical (unpaired) electrons. The van der Waals surface area contributed by atoms with Gasteiger partial charge in [-0.3, -0.25) is 4.99 Å². The van der Waals surface area contributed by atoms with Gasteiger partial charge in [0.2, 0.25) is 0 Å². The van der Waals surface area contributed by atoms with Gasteiger partial charge >= 0.3 is 0 Å². The number of aliphatic imine (C=N–C) groups is 1. The Kier molecular flexibility index (Phi) is 11.0. The summed E-state index contributed by atoms with van der Waals surface area (Å²) in [7, 11) is 5.18. The third-order valence-electron chi connectivity index (χ3n) is 3.59. The van der Waals surface area contributed by atoms with Crippen LogP contribution in [0, 0.1) is 0 Å². The van der Waals surface area contributed by atoms with Gasteiger partial charge in [0.05, 0.1) is 7.11 Å². The first-order valence-electron chi connectivity index (χ1n) is 7.61. The molecule has 5 nitrogen and oxygen atoms in total. The van der Waals surface area contributed by atoms with Crippen molar-refractivity contribution >= 4 is 29.9 Å². The van der Waals surface area contributed by atoms with Crippen molar-refractivity contribution in [2.24, 2.45) is 4.99 Å². The fraction of sp³-hybridized carbons (Fsp3) is 0.588. The first kappa shape index (κ1) is 22.0. The Hall–Kier alpha value is -1.02. The van der Waals surface area contributed by atoms with Gasteiger partial charge in [-0.25, -0.2) is 0 Å². The van der Waals surface area contributed by atoms with Crippen molar-refractivity contribution in [3.05, 3.63) is 29.8 Å². The van der Waals surface area contributed by atoms with Gasteiger partial charge in [0.1, 0.15) is 5.75 Å². The monoisotopic (exact) mass is 435 g/mol. The molecule has 6 heteroatoms. The van der Waals surface area contributed by atoms with Crippen LogP contribution in [-0.4, -0.2) is 46.9 Å². The van der Waals surface area contributed by atoms with E-state index < -0.39 is 0 Å². The van der Waals surface area contributed by atoms with Gasteiger partial charge in [0, 0.05) is 39.3 Å². The van der Waals surface area contributed by atoms with Gasteiger partial charge in [-0.2, -0.15) is 0 Å². The van der Waals surface area contributed by atoms with E-state index in [0.717, 1.165) is 37.8 Å². The fourth-order valence-electron chi connectivity index (χ4n) is 2.09. The Bertz CT molecular complexity index is 479. The zero-order chi connectivity index (χ0) is 16.4. The second-order valence-corrected chi connectivity index (χ2v) is 5.81. The van der Waals surface area contributed by atoms with Crippen molar-refractivity contribution in [2.45, 2.75) is 25.7 Å². The van der Waals surface area contributed by atoms with E-state index >= 15 is 0 Å². The number of nitrogens with zero attached hydrogens (tertiary/aromatic N) is 1. The third-order valence-corrected chi connectivity index (χ3v) is 3.59. The predicted octanol–water partition coefficient (Wildman–Crippen LogP) is 2.79. The van der Waals surface area contributed by atoms with Gasteiger partial charge < -0.3 is 20.1 Å². The normalized spacial score (nSPS) is 11.6. The highest BCUT2D eigenvalue weighted by Gasteiger charge is 2.21.